The summed E-state index contributed by atoms with van der Waals surface area (Å²) >= 11 is 0. The van der Waals surface area contributed by atoms with Gasteiger partial charge in [0.25, 0.3) is 0 Å². The van der Waals surface area contributed by atoms with E-state index in [1.165, 1.54) is 0 Å². The van der Waals surface area contributed by atoms with Crippen molar-refractivity contribution in [2.75, 3.05) is 13.1 Å². The molecule has 1 N–H and O–H groups in total. The molecule has 1 amide bonds. The fourth-order valence-corrected chi connectivity index (χ4v) is 2.11. The fraction of sp³-hybridized carbons (Fsp3) is 0.909. The van der Waals surface area contributed by atoms with E-state index in [0.29, 0.717) is 19.5 Å². The highest BCUT2D eigenvalue weighted by Gasteiger charge is 2.42. The average molecular weight is 229 g/mol. The van der Waals surface area contributed by atoms with Crippen LogP contribution in [0.15, 0.2) is 0 Å². The second-order valence-electron chi connectivity index (χ2n) is 5.48. The summed E-state index contributed by atoms with van der Waals surface area (Å²) in [5.74, 6) is 0. The molecule has 0 saturated carbocycles. The first-order chi connectivity index (χ1) is 7.35. The second-order valence-corrected chi connectivity index (χ2v) is 5.48. The van der Waals surface area contributed by atoms with E-state index >= 15 is 0 Å². The number of carbonyl (C=O) groups excluding carboxylic acids is 1. The van der Waals surface area contributed by atoms with E-state index in [0.717, 1.165) is 0 Å². The summed E-state index contributed by atoms with van der Waals surface area (Å²) < 4.78 is 10.8. The number of likely N-dealkylation sites (tertiary alicyclic amines) is 1. The molecule has 0 aromatic heterocycles. The minimum absolute atomic E-state index is 0.0405. The highest BCUT2D eigenvalue weighted by Crippen LogP contribution is 2.27. The van der Waals surface area contributed by atoms with Gasteiger partial charge in [-0.05, 0) is 20.8 Å². The number of aliphatic hydroxyl groups is 1. The molecule has 5 heteroatoms. The molecule has 2 fully saturated rings. The maximum atomic E-state index is 11.8. The number of hydrogen-bond acceptors (Lipinski definition) is 4. The van der Waals surface area contributed by atoms with Gasteiger partial charge in [-0.1, -0.05) is 0 Å². The molecule has 0 radical (unpaired) electrons. The Kier molecular flexibility index (Phi) is 2.84. The topological polar surface area (TPSA) is 59.0 Å². The van der Waals surface area contributed by atoms with Crippen LogP contribution >= 0.6 is 0 Å². The van der Waals surface area contributed by atoms with Gasteiger partial charge in [0, 0.05) is 6.42 Å². The summed E-state index contributed by atoms with van der Waals surface area (Å²) in [5.41, 5.74) is -0.479. The molecule has 0 spiro atoms. The normalized spacial score (nSPS) is 34.0. The molecule has 0 aliphatic carbocycles. The van der Waals surface area contributed by atoms with Crippen molar-refractivity contribution < 1.29 is 19.4 Å². The zero-order valence-corrected chi connectivity index (χ0v) is 9.97. The zero-order chi connectivity index (χ0) is 11.9. The van der Waals surface area contributed by atoms with Crippen LogP contribution in [0.4, 0.5) is 4.79 Å². The van der Waals surface area contributed by atoms with Gasteiger partial charge in [-0.3, -0.25) is 0 Å². The molecule has 16 heavy (non-hydrogen) atoms. The van der Waals surface area contributed by atoms with Gasteiger partial charge in [-0.2, -0.15) is 0 Å². The van der Waals surface area contributed by atoms with Gasteiger partial charge in [0.2, 0.25) is 0 Å². The SMILES string of the molecule is CC(C)(C)OC(=O)N1C[C@H]2C[C@H](O)[C@@H](C1)O2. The van der Waals surface area contributed by atoms with Crippen molar-refractivity contribution in [3.05, 3.63) is 0 Å². The minimum Gasteiger partial charge on any atom is -0.444 e. The van der Waals surface area contributed by atoms with E-state index in [-0.39, 0.29) is 18.3 Å². The van der Waals surface area contributed by atoms with Crippen LogP contribution < -0.4 is 0 Å². The van der Waals surface area contributed by atoms with Crippen LogP contribution in [-0.4, -0.2) is 53.1 Å². The Hall–Kier alpha value is -0.810. The van der Waals surface area contributed by atoms with Gasteiger partial charge in [0.15, 0.2) is 0 Å². The summed E-state index contributed by atoms with van der Waals surface area (Å²) in [4.78, 5) is 13.4. The van der Waals surface area contributed by atoms with Crippen LogP contribution in [0.1, 0.15) is 27.2 Å². The predicted octanol–water partition coefficient (Wildman–Crippen LogP) is 0.755. The first-order valence-corrected chi connectivity index (χ1v) is 5.66. The fourth-order valence-electron chi connectivity index (χ4n) is 2.11. The Labute approximate surface area is 95.3 Å². The monoisotopic (exact) mass is 229 g/mol. The summed E-state index contributed by atoms with van der Waals surface area (Å²) in [6.07, 6.45) is -0.436. The lowest BCUT2D eigenvalue weighted by molar-refractivity contribution is -0.0642. The van der Waals surface area contributed by atoms with Crippen molar-refractivity contribution in [1.29, 1.82) is 0 Å². The standard InChI is InChI=1S/C11H19NO4/c1-11(2,3)16-10(14)12-5-7-4-8(13)9(6-12)15-7/h7-9,13H,4-6H2,1-3H3/t7-,8+,9-/m1/s1. The molecule has 3 atom stereocenters. The maximum Gasteiger partial charge on any atom is 0.410 e. The van der Waals surface area contributed by atoms with Crippen LogP contribution in [0.25, 0.3) is 0 Å². The number of fused-ring (bicyclic) bond motifs is 2. The van der Waals surface area contributed by atoms with E-state index in [1.807, 2.05) is 20.8 Å². The van der Waals surface area contributed by atoms with Gasteiger partial charge >= 0.3 is 6.09 Å². The van der Waals surface area contributed by atoms with Crippen molar-refractivity contribution >= 4 is 6.09 Å². The first kappa shape index (κ1) is 11.7. The number of hydrogen-bond donors (Lipinski definition) is 1. The molecule has 0 unspecified atom stereocenters. The quantitative estimate of drug-likeness (QED) is 0.666. The summed E-state index contributed by atoms with van der Waals surface area (Å²) in [5, 5.41) is 9.63. The molecular formula is C11H19NO4. The van der Waals surface area contributed by atoms with E-state index < -0.39 is 11.7 Å². The third-order valence-corrected chi connectivity index (χ3v) is 2.78. The Morgan fingerprint density at radius 3 is 2.69 bits per heavy atom. The Morgan fingerprint density at radius 1 is 1.44 bits per heavy atom. The molecule has 2 saturated heterocycles. The van der Waals surface area contributed by atoms with Gasteiger partial charge in [-0.25, -0.2) is 4.79 Å². The van der Waals surface area contributed by atoms with E-state index in [2.05, 4.69) is 0 Å². The molecular weight excluding hydrogens is 210 g/mol. The number of aliphatic hydroxyl groups excluding tert-OH is 1. The molecule has 2 heterocycles. The molecule has 2 aliphatic heterocycles. The largest absolute Gasteiger partial charge is 0.444 e. The van der Waals surface area contributed by atoms with Crippen molar-refractivity contribution in [3.63, 3.8) is 0 Å². The molecule has 2 aliphatic rings. The van der Waals surface area contributed by atoms with Gasteiger partial charge in [0.1, 0.15) is 11.7 Å². The first-order valence-electron chi connectivity index (χ1n) is 5.66. The van der Waals surface area contributed by atoms with Crippen molar-refractivity contribution in [1.82, 2.24) is 4.90 Å². The predicted molar refractivity (Wildman–Crippen MR) is 57.1 cm³/mol. The van der Waals surface area contributed by atoms with Crippen LogP contribution in [0.2, 0.25) is 0 Å². The van der Waals surface area contributed by atoms with Crippen LogP contribution in [-0.2, 0) is 9.47 Å². The Morgan fingerprint density at radius 2 is 2.12 bits per heavy atom. The van der Waals surface area contributed by atoms with Crippen LogP contribution in [0, 0.1) is 0 Å². The molecule has 5 nitrogen and oxygen atoms in total. The number of carbonyl (C=O) groups is 1. The third-order valence-electron chi connectivity index (χ3n) is 2.78. The zero-order valence-electron chi connectivity index (χ0n) is 9.97. The molecule has 2 bridgehead atoms. The van der Waals surface area contributed by atoms with E-state index in [4.69, 9.17) is 9.47 Å². The van der Waals surface area contributed by atoms with Crippen molar-refractivity contribution in [3.8, 4) is 0 Å². The minimum atomic E-state index is -0.479. The number of rotatable bonds is 0. The second kappa shape index (κ2) is 3.89. The van der Waals surface area contributed by atoms with Crippen LogP contribution in [0.5, 0.6) is 0 Å². The lowest BCUT2D eigenvalue weighted by Crippen LogP contribution is -2.48. The summed E-state index contributed by atoms with van der Waals surface area (Å²) in [7, 11) is 0. The van der Waals surface area contributed by atoms with Crippen molar-refractivity contribution in [2.24, 2.45) is 0 Å². The third kappa shape index (κ3) is 2.47. The van der Waals surface area contributed by atoms with Gasteiger partial charge in [-0.15, -0.1) is 0 Å². The maximum absolute atomic E-state index is 11.8. The molecule has 0 aromatic rings. The Bertz CT molecular complexity index is 284. The lowest BCUT2D eigenvalue weighted by atomic mass is 10.2. The highest BCUT2D eigenvalue weighted by atomic mass is 16.6. The Balaban J connectivity index is 1.94. The van der Waals surface area contributed by atoms with E-state index in [1.54, 1.807) is 4.90 Å². The molecule has 92 valence electrons. The number of amides is 1. The smallest absolute Gasteiger partial charge is 0.410 e. The number of ether oxygens (including phenoxy) is 2. The van der Waals surface area contributed by atoms with Gasteiger partial charge < -0.3 is 19.5 Å². The van der Waals surface area contributed by atoms with Gasteiger partial charge in [0.05, 0.1) is 25.3 Å². The highest BCUT2D eigenvalue weighted by molar-refractivity contribution is 5.68. The average Bonchev–Trinajstić information content (AvgIpc) is 2.37. The summed E-state index contributed by atoms with van der Waals surface area (Å²) in [6.45, 7) is 6.47. The molecule has 0 aromatic carbocycles. The van der Waals surface area contributed by atoms with Crippen molar-refractivity contribution in [2.45, 2.75) is 51.1 Å². The number of nitrogens with zero attached hydrogens (tertiary/aromatic N) is 1. The van der Waals surface area contributed by atoms with Crippen LogP contribution in [0.3, 0.4) is 0 Å². The van der Waals surface area contributed by atoms with E-state index in [9.17, 15) is 9.90 Å². The lowest BCUT2D eigenvalue weighted by Gasteiger charge is -2.33. The number of morpholine rings is 1. The summed E-state index contributed by atoms with van der Waals surface area (Å²) in [6, 6.07) is 0. The molecule has 2 rings (SSSR count).